The molecule has 0 aliphatic carbocycles. The number of anilines is 1. The third kappa shape index (κ3) is 4.99. The van der Waals surface area contributed by atoms with Gasteiger partial charge in [0, 0.05) is 11.3 Å². The summed E-state index contributed by atoms with van der Waals surface area (Å²) < 4.78 is 30.1. The number of carbonyl (C=O) groups excluding carboxylic acids is 1. The molecule has 0 heterocycles. The van der Waals surface area contributed by atoms with Crippen LogP contribution >= 0.6 is 0 Å². The van der Waals surface area contributed by atoms with Crippen LogP contribution in [0.2, 0.25) is 0 Å². The van der Waals surface area contributed by atoms with Gasteiger partial charge in [-0.3, -0.25) is 9.52 Å². The minimum atomic E-state index is -3.34. The normalized spacial score (nSPS) is 12.3. The summed E-state index contributed by atoms with van der Waals surface area (Å²) in [4.78, 5) is 12.3. The zero-order valence-electron chi connectivity index (χ0n) is 13.7. The third-order valence-electron chi connectivity index (χ3n) is 3.39. The molecule has 2 rings (SSSR count). The number of nitrogens with one attached hydrogen (secondary N) is 2. The molecule has 1 amide bonds. The van der Waals surface area contributed by atoms with Crippen molar-refractivity contribution < 1.29 is 17.9 Å². The van der Waals surface area contributed by atoms with Crippen molar-refractivity contribution in [3.63, 3.8) is 0 Å². The van der Waals surface area contributed by atoms with Gasteiger partial charge in [-0.15, -0.1) is 0 Å². The molecule has 0 aromatic heterocycles. The summed E-state index contributed by atoms with van der Waals surface area (Å²) in [6.45, 7) is 1.83. The van der Waals surface area contributed by atoms with Crippen molar-refractivity contribution in [3.8, 4) is 5.75 Å². The predicted molar refractivity (Wildman–Crippen MR) is 93.8 cm³/mol. The first-order valence-corrected chi connectivity index (χ1v) is 9.20. The molecule has 6 nitrogen and oxygen atoms in total. The van der Waals surface area contributed by atoms with Crippen molar-refractivity contribution in [1.82, 2.24) is 5.32 Å². The number of ether oxygens (including phenoxy) is 1. The molecule has 0 aliphatic heterocycles. The lowest BCUT2D eigenvalue weighted by Gasteiger charge is -2.16. The topological polar surface area (TPSA) is 84.5 Å². The Labute approximate surface area is 141 Å². The van der Waals surface area contributed by atoms with Gasteiger partial charge >= 0.3 is 0 Å². The van der Waals surface area contributed by atoms with Crippen molar-refractivity contribution in [2.75, 3.05) is 18.1 Å². The molecule has 0 spiro atoms. The van der Waals surface area contributed by atoms with E-state index in [0.717, 1.165) is 11.8 Å². The van der Waals surface area contributed by atoms with Crippen LogP contribution in [0.5, 0.6) is 5.75 Å². The summed E-state index contributed by atoms with van der Waals surface area (Å²) in [6, 6.07) is 13.4. The molecule has 0 unspecified atom stereocenters. The van der Waals surface area contributed by atoms with Gasteiger partial charge in [0.05, 0.1) is 19.4 Å². The van der Waals surface area contributed by atoms with Gasteiger partial charge in [0.15, 0.2) is 0 Å². The molecule has 0 saturated heterocycles. The smallest absolute Gasteiger partial charge is 0.251 e. The number of rotatable bonds is 6. The van der Waals surface area contributed by atoms with Crippen molar-refractivity contribution in [3.05, 3.63) is 59.7 Å². The number of carbonyl (C=O) groups is 1. The van der Waals surface area contributed by atoms with Crippen molar-refractivity contribution in [2.24, 2.45) is 0 Å². The van der Waals surface area contributed by atoms with Crippen LogP contribution in [-0.2, 0) is 10.0 Å². The first kappa shape index (κ1) is 17.8. The van der Waals surface area contributed by atoms with E-state index in [2.05, 4.69) is 10.0 Å². The lowest BCUT2D eigenvalue weighted by molar-refractivity contribution is 0.0940. The van der Waals surface area contributed by atoms with Crippen LogP contribution in [0.1, 0.15) is 28.9 Å². The van der Waals surface area contributed by atoms with Crippen LogP contribution < -0.4 is 14.8 Å². The number of sulfonamides is 1. The minimum Gasteiger partial charge on any atom is -0.497 e. The maximum atomic E-state index is 12.3. The highest BCUT2D eigenvalue weighted by molar-refractivity contribution is 7.92. The highest BCUT2D eigenvalue weighted by atomic mass is 32.2. The average Bonchev–Trinajstić information content (AvgIpc) is 2.53. The Kier molecular flexibility index (Phi) is 5.46. The Hall–Kier alpha value is -2.54. The van der Waals surface area contributed by atoms with Gasteiger partial charge in [0.2, 0.25) is 10.0 Å². The van der Waals surface area contributed by atoms with Crippen molar-refractivity contribution in [2.45, 2.75) is 13.0 Å². The summed E-state index contributed by atoms with van der Waals surface area (Å²) >= 11 is 0. The van der Waals surface area contributed by atoms with E-state index in [4.69, 9.17) is 4.74 Å². The SMILES string of the molecule is COc1ccc(C(=O)N[C@H](C)c2cccc(NS(C)(=O)=O)c2)cc1. The van der Waals surface area contributed by atoms with E-state index in [0.29, 0.717) is 17.0 Å². The molecular weight excluding hydrogens is 328 g/mol. The average molecular weight is 348 g/mol. The van der Waals surface area contributed by atoms with Crippen LogP contribution in [0.3, 0.4) is 0 Å². The molecule has 0 aliphatic rings. The Morgan fingerprint density at radius 3 is 2.38 bits per heavy atom. The van der Waals surface area contributed by atoms with E-state index in [1.54, 1.807) is 49.6 Å². The fourth-order valence-corrected chi connectivity index (χ4v) is 2.75. The van der Waals surface area contributed by atoms with Gasteiger partial charge in [-0.05, 0) is 48.9 Å². The van der Waals surface area contributed by atoms with E-state index in [-0.39, 0.29) is 11.9 Å². The molecule has 2 aromatic rings. The highest BCUT2D eigenvalue weighted by Crippen LogP contribution is 2.19. The quantitative estimate of drug-likeness (QED) is 0.840. The zero-order chi connectivity index (χ0) is 17.7. The molecule has 24 heavy (non-hydrogen) atoms. The fraction of sp³-hybridized carbons (Fsp3) is 0.235. The monoisotopic (exact) mass is 348 g/mol. The van der Waals surface area contributed by atoms with E-state index in [1.165, 1.54) is 0 Å². The van der Waals surface area contributed by atoms with Crippen molar-refractivity contribution in [1.29, 1.82) is 0 Å². The molecule has 7 heteroatoms. The van der Waals surface area contributed by atoms with Gasteiger partial charge in [0.1, 0.15) is 5.75 Å². The summed E-state index contributed by atoms with van der Waals surface area (Å²) in [5.74, 6) is 0.464. The van der Waals surface area contributed by atoms with Gasteiger partial charge < -0.3 is 10.1 Å². The number of methoxy groups -OCH3 is 1. The maximum Gasteiger partial charge on any atom is 0.251 e. The Bertz CT molecular complexity index is 817. The molecule has 2 N–H and O–H groups in total. The molecule has 2 aromatic carbocycles. The first-order valence-electron chi connectivity index (χ1n) is 7.31. The van der Waals surface area contributed by atoms with E-state index in [9.17, 15) is 13.2 Å². The third-order valence-corrected chi connectivity index (χ3v) is 4.00. The van der Waals surface area contributed by atoms with Gasteiger partial charge in [0.25, 0.3) is 5.91 Å². The van der Waals surface area contributed by atoms with E-state index < -0.39 is 10.0 Å². The first-order chi connectivity index (χ1) is 11.3. The summed E-state index contributed by atoms with van der Waals surface area (Å²) in [5, 5.41) is 2.88. The van der Waals surface area contributed by atoms with Gasteiger partial charge in [-0.1, -0.05) is 12.1 Å². The lowest BCUT2D eigenvalue weighted by Crippen LogP contribution is -2.26. The minimum absolute atomic E-state index is 0.216. The lowest BCUT2D eigenvalue weighted by atomic mass is 10.1. The molecule has 0 fully saturated rings. The van der Waals surface area contributed by atoms with Crippen molar-refractivity contribution >= 4 is 21.6 Å². The largest absolute Gasteiger partial charge is 0.497 e. The summed E-state index contributed by atoms with van der Waals surface area (Å²) in [5.41, 5.74) is 1.78. The fourth-order valence-electron chi connectivity index (χ4n) is 2.19. The second-order valence-corrected chi connectivity index (χ2v) is 7.17. The highest BCUT2D eigenvalue weighted by Gasteiger charge is 2.12. The van der Waals surface area contributed by atoms with E-state index in [1.807, 2.05) is 13.0 Å². The van der Waals surface area contributed by atoms with Crippen LogP contribution in [0.15, 0.2) is 48.5 Å². The van der Waals surface area contributed by atoms with Crippen LogP contribution in [0, 0.1) is 0 Å². The summed E-state index contributed by atoms with van der Waals surface area (Å²) in [6.07, 6.45) is 1.09. The number of hydrogen-bond acceptors (Lipinski definition) is 4. The Balaban J connectivity index is 2.09. The summed E-state index contributed by atoms with van der Waals surface area (Å²) in [7, 11) is -1.78. The van der Waals surface area contributed by atoms with Crippen LogP contribution in [0.25, 0.3) is 0 Å². The molecule has 128 valence electrons. The standard InChI is InChI=1S/C17H20N2O4S/c1-12(14-5-4-6-15(11-14)19-24(3,21)22)18-17(20)13-7-9-16(23-2)10-8-13/h4-12,19H,1-3H3,(H,18,20)/t12-/m1/s1. The Morgan fingerprint density at radius 2 is 1.79 bits per heavy atom. The zero-order valence-corrected chi connectivity index (χ0v) is 14.6. The maximum absolute atomic E-state index is 12.3. The van der Waals surface area contributed by atoms with Gasteiger partial charge in [-0.2, -0.15) is 0 Å². The van der Waals surface area contributed by atoms with E-state index >= 15 is 0 Å². The molecule has 0 bridgehead atoms. The molecular formula is C17H20N2O4S. The Morgan fingerprint density at radius 1 is 1.12 bits per heavy atom. The molecule has 1 atom stereocenters. The molecule has 0 radical (unpaired) electrons. The van der Waals surface area contributed by atoms with Gasteiger partial charge in [-0.25, -0.2) is 8.42 Å². The second kappa shape index (κ2) is 7.35. The second-order valence-electron chi connectivity index (χ2n) is 5.42. The number of amides is 1. The number of hydrogen-bond donors (Lipinski definition) is 2. The van der Waals surface area contributed by atoms with Crippen LogP contribution in [0.4, 0.5) is 5.69 Å². The van der Waals surface area contributed by atoms with Crippen LogP contribution in [-0.4, -0.2) is 27.7 Å². The predicted octanol–water partition coefficient (Wildman–Crippen LogP) is 2.56. The number of benzene rings is 2. The molecule has 0 saturated carbocycles.